The molecule has 1 aliphatic heterocycles. The summed E-state index contributed by atoms with van der Waals surface area (Å²) in [5.74, 6) is -0.652. The Morgan fingerprint density at radius 3 is 2.62 bits per heavy atom. The van der Waals surface area contributed by atoms with Crippen molar-refractivity contribution >= 4 is 5.97 Å². The topological polar surface area (TPSA) is 96.2 Å². The van der Waals surface area contributed by atoms with Crippen LogP contribution in [-0.2, 0) is 14.3 Å². The average molecular weight is 192 g/mol. The molecule has 0 unspecified atom stereocenters. The molecule has 0 aromatic heterocycles. The highest BCUT2D eigenvalue weighted by atomic mass is 16.7. The first-order valence-corrected chi connectivity index (χ1v) is 3.85. The van der Waals surface area contributed by atoms with Crippen molar-refractivity contribution in [2.45, 2.75) is 31.5 Å². The lowest BCUT2D eigenvalue weighted by Gasteiger charge is -2.34. The molecule has 1 rings (SSSR count). The highest BCUT2D eigenvalue weighted by Gasteiger charge is 2.40. The number of aliphatic hydroxyl groups excluding tert-OH is 3. The van der Waals surface area contributed by atoms with Crippen molar-refractivity contribution in [2.75, 3.05) is 6.61 Å². The molecule has 0 aliphatic carbocycles. The molecule has 0 aromatic rings. The Kier molecular flexibility index (Phi) is 3.21. The maximum Gasteiger partial charge on any atom is 0.303 e. The predicted octanol–water partition coefficient (Wildman–Crippen LogP) is -2.01. The number of carbonyl (C=O) groups excluding carboxylic acids is 1. The van der Waals surface area contributed by atoms with Crippen molar-refractivity contribution < 1.29 is 29.6 Å². The second kappa shape index (κ2) is 4.01. The molecule has 1 heterocycles. The summed E-state index contributed by atoms with van der Waals surface area (Å²) in [6.07, 6.45) is -5.07. The van der Waals surface area contributed by atoms with Gasteiger partial charge in [0.2, 0.25) is 0 Å². The molecule has 0 amide bonds. The number of rotatable bonds is 1. The molecule has 3 N–H and O–H groups in total. The Labute approximate surface area is 74.7 Å². The van der Waals surface area contributed by atoms with Crippen LogP contribution in [0.15, 0.2) is 0 Å². The van der Waals surface area contributed by atoms with E-state index in [9.17, 15) is 9.90 Å². The highest BCUT2D eigenvalue weighted by molar-refractivity contribution is 5.66. The zero-order chi connectivity index (χ0) is 10.0. The first-order chi connectivity index (χ1) is 6.02. The van der Waals surface area contributed by atoms with E-state index in [1.807, 2.05) is 0 Å². The second-order valence-corrected chi connectivity index (χ2v) is 2.86. The third-order valence-corrected chi connectivity index (χ3v) is 1.75. The van der Waals surface area contributed by atoms with Crippen molar-refractivity contribution in [1.29, 1.82) is 0 Å². The van der Waals surface area contributed by atoms with Crippen LogP contribution in [0.3, 0.4) is 0 Å². The van der Waals surface area contributed by atoms with E-state index < -0.39 is 30.6 Å². The van der Waals surface area contributed by atoms with Crippen LogP contribution in [0.5, 0.6) is 0 Å². The molecule has 0 spiro atoms. The van der Waals surface area contributed by atoms with Gasteiger partial charge in [-0.05, 0) is 0 Å². The van der Waals surface area contributed by atoms with Gasteiger partial charge < -0.3 is 24.8 Å². The summed E-state index contributed by atoms with van der Waals surface area (Å²) >= 11 is 0. The minimum atomic E-state index is -1.39. The summed E-state index contributed by atoms with van der Waals surface area (Å²) in [5.41, 5.74) is 0. The van der Waals surface area contributed by atoms with Crippen LogP contribution in [0, 0.1) is 0 Å². The summed E-state index contributed by atoms with van der Waals surface area (Å²) in [7, 11) is 0. The molecule has 0 saturated carbocycles. The molecule has 76 valence electrons. The minimum Gasteiger partial charge on any atom is -0.454 e. The van der Waals surface area contributed by atoms with Crippen molar-refractivity contribution in [1.82, 2.24) is 0 Å². The zero-order valence-corrected chi connectivity index (χ0v) is 7.08. The fourth-order valence-corrected chi connectivity index (χ4v) is 1.10. The second-order valence-electron chi connectivity index (χ2n) is 2.86. The van der Waals surface area contributed by atoms with E-state index in [1.165, 1.54) is 0 Å². The molecule has 6 heteroatoms. The Bertz CT molecular complexity index is 193. The molecule has 1 fully saturated rings. The molecule has 13 heavy (non-hydrogen) atoms. The first kappa shape index (κ1) is 10.4. The summed E-state index contributed by atoms with van der Waals surface area (Å²) < 4.78 is 9.20. The van der Waals surface area contributed by atoms with Gasteiger partial charge in [0.25, 0.3) is 0 Å². The third-order valence-electron chi connectivity index (χ3n) is 1.75. The molecule has 6 nitrogen and oxygen atoms in total. The summed E-state index contributed by atoms with van der Waals surface area (Å²) in [6, 6.07) is 0. The molecule has 4 atom stereocenters. The van der Waals surface area contributed by atoms with Crippen molar-refractivity contribution in [3.05, 3.63) is 0 Å². The summed E-state index contributed by atoms with van der Waals surface area (Å²) in [4.78, 5) is 10.5. The fraction of sp³-hybridized carbons (Fsp3) is 0.857. The van der Waals surface area contributed by atoms with Gasteiger partial charge in [0.05, 0.1) is 6.61 Å². The van der Waals surface area contributed by atoms with E-state index in [-0.39, 0.29) is 6.61 Å². The number of ether oxygens (including phenoxy) is 2. The van der Waals surface area contributed by atoms with Gasteiger partial charge in [-0.3, -0.25) is 4.79 Å². The van der Waals surface area contributed by atoms with Gasteiger partial charge >= 0.3 is 5.97 Å². The zero-order valence-electron chi connectivity index (χ0n) is 7.08. The van der Waals surface area contributed by atoms with Crippen LogP contribution in [0.1, 0.15) is 6.92 Å². The van der Waals surface area contributed by atoms with Crippen molar-refractivity contribution in [2.24, 2.45) is 0 Å². The standard InChI is InChI=1S/C7H12O6/c1-3(8)13-6-5(10)4(9)2-12-7(6)11/h4-7,9-11H,2H2,1H3/t4-,5-,6+,7-/m0/s1. The van der Waals surface area contributed by atoms with Gasteiger partial charge in [0.15, 0.2) is 12.4 Å². The molecule has 0 bridgehead atoms. The first-order valence-electron chi connectivity index (χ1n) is 3.85. The van der Waals surface area contributed by atoms with Crippen LogP contribution >= 0.6 is 0 Å². The number of esters is 1. The van der Waals surface area contributed by atoms with Gasteiger partial charge in [0, 0.05) is 6.92 Å². The van der Waals surface area contributed by atoms with Gasteiger partial charge in [-0.1, -0.05) is 0 Å². The molecular formula is C7H12O6. The lowest BCUT2D eigenvalue weighted by atomic mass is 10.1. The van der Waals surface area contributed by atoms with Crippen LogP contribution in [0.2, 0.25) is 0 Å². The van der Waals surface area contributed by atoms with Gasteiger partial charge in [-0.25, -0.2) is 0 Å². The van der Waals surface area contributed by atoms with Crippen LogP contribution in [0.25, 0.3) is 0 Å². The van der Waals surface area contributed by atoms with E-state index in [4.69, 9.17) is 10.2 Å². The molecule has 1 aliphatic rings. The van der Waals surface area contributed by atoms with Crippen LogP contribution in [-0.4, -0.2) is 52.5 Å². The predicted molar refractivity (Wildman–Crippen MR) is 39.5 cm³/mol. The Balaban J connectivity index is 2.60. The molecular weight excluding hydrogens is 180 g/mol. The Hall–Kier alpha value is -0.690. The number of carbonyl (C=O) groups is 1. The molecule has 1 saturated heterocycles. The number of hydrogen-bond acceptors (Lipinski definition) is 6. The summed E-state index contributed by atoms with van der Waals surface area (Å²) in [6.45, 7) is 0.959. The van der Waals surface area contributed by atoms with E-state index in [2.05, 4.69) is 9.47 Å². The minimum absolute atomic E-state index is 0.180. The number of aliphatic hydroxyl groups is 3. The van der Waals surface area contributed by atoms with E-state index >= 15 is 0 Å². The fourth-order valence-electron chi connectivity index (χ4n) is 1.10. The monoisotopic (exact) mass is 192 g/mol. The van der Waals surface area contributed by atoms with E-state index in [0.29, 0.717) is 0 Å². The maximum absolute atomic E-state index is 10.5. The van der Waals surface area contributed by atoms with Crippen molar-refractivity contribution in [3.63, 3.8) is 0 Å². The summed E-state index contributed by atoms with van der Waals surface area (Å²) in [5, 5.41) is 27.5. The van der Waals surface area contributed by atoms with E-state index in [1.54, 1.807) is 0 Å². The van der Waals surface area contributed by atoms with Gasteiger partial charge in [0.1, 0.15) is 12.2 Å². The van der Waals surface area contributed by atoms with E-state index in [0.717, 1.165) is 6.92 Å². The number of hydrogen-bond donors (Lipinski definition) is 3. The van der Waals surface area contributed by atoms with Crippen LogP contribution < -0.4 is 0 Å². The average Bonchev–Trinajstić information content (AvgIpc) is 2.05. The lowest BCUT2D eigenvalue weighted by Crippen LogP contribution is -2.54. The van der Waals surface area contributed by atoms with Crippen LogP contribution in [0.4, 0.5) is 0 Å². The maximum atomic E-state index is 10.5. The quantitative estimate of drug-likeness (QED) is 0.415. The smallest absolute Gasteiger partial charge is 0.303 e. The Morgan fingerprint density at radius 1 is 1.46 bits per heavy atom. The SMILES string of the molecule is CC(=O)O[C@@H]1[C@@H](O)[C@@H](O)CO[C@@H]1O. The van der Waals surface area contributed by atoms with Gasteiger partial charge in [-0.15, -0.1) is 0 Å². The highest BCUT2D eigenvalue weighted by Crippen LogP contribution is 2.16. The normalized spacial score (nSPS) is 40.0. The third kappa shape index (κ3) is 2.38. The van der Waals surface area contributed by atoms with Gasteiger partial charge in [-0.2, -0.15) is 0 Å². The molecule has 0 aromatic carbocycles. The van der Waals surface area contributed by atoms with Crippen molar-refractivity contribution in [3.8, 4) is 0 Å². The largest absolute Gasteiger partial charge is 0.454 e. The Morgan fingerprint density at radius 2 is 2.08 bits per heavy atom. The lowest BCUT2D eigenvalue weighted by molar-refractivity contribution is -0.259. The molecule has 0 radical (unpaired) electrons.